The van der Waals surface area contributed by atoms with Crippen LogP contribution in [0, 0.1) is 5.92 Å². The van der Waals surface area contributed by atoms with Crippen LogP contribution in [-0.4, -0.2) is 38.0 Å². The van der Waals surface area contributed by atoms with Gasteiger partial charge in [-0.1, -0.05) is 6.92 Å². The summed E-state index contributed by atoms with van der Waals surface area (Å²) in [6.07, 6.45) is 2.95. The van der Waals surface area contributed by atoms with Gasteiger partial charge < -0.3 is 16.0 Å². The number of carbonyl (C=O) groups excluding carboxylic acids is 2. The molecule has 1 heterocycles. The first kappa shape index (κ1) is 14.0. The molecule has 1 aliphatic heterocycles. The van der Waals surface area contributed by atoms with Crippen LogP contribution in [0.5, 0.6) is 0 Å². The van der Waals surface area contributed by atoms with E-state index < -0.39 is 0 Å². The Labute approximate surface area is 103 Å². The Kier molecular flexibility index (Phi) is 6.62. The predicted octanol–water partition coefficient (Wildman–Crippen LogP) is 0.0185. The van der Waals surface area contributed by atoms with Crippen molar-refractivity contribution in [3.05, 3.63) is 0 Å². The van der Waals surface area contributed by atoms with Crippen LogP contribution in [0.4, 0.5) is 0 Å². The second kappa shape index (κ2) is 8.06. The quantitative estimate of drug-likeness (QED) is 0.588. The molecule has 0 saturated carbocycles. The van der Waals surface area contributed by atoms with Crippen LogP contribution in [0.1, 0.15) is 32.6 Å². The van der Waals surface area contributed by atoms with Crippen molar-refractivity contribution in [2.75, 3.05) is 26.2 Å². The lowest BCUT2D eigenvalue weighted by Gasteiger charge is -2.09. The van der Waals surface area contributed by atoms with Crippen molar-refractivity contribution in [3.63, 3.8) is 0 Å². The largest absolute Gasteiger partial charge is 0.356 e. The fourth-order valence-corrected chi connectivity index (χ4v) is 1.89. The molecule has 2 amide bonds. The molecular weight excluding hydrogens is 218 g/mol. The van der Waals surface area contributed by atoms with Gasteiger partial charge in [-0.05, 0) is 31.8 Å². The van der Waals surface area contributed by atoms with E-state index in [4.69, 9.17) is 0 Å². The normalized spacial score (nSPS) is 19.0. The topological polar surface area (TPSA) is 70.2 Å². The monoisotopic (exact) mass is 241 g/mol. The minimum Gasteiger partial charge on any atom is -0.356 e. The van der Waals surface area contributed by atoms with E-state index in [2.05, 4.69) is 16.0 Å². The molecule has 1 aliphatic rings. The van der Waals surface area contributed by atoms with E-state index in [0.29, 0.717) is 31.8 Å². The van der Waals surface area contributed by atoms with E-state index >= 15 is 0 Å². The van der Waals surface area contributed by atoms with Gasteiger partial charge in [-0.3, -0.25) is 9.59 Å². The Morgan fingerprint density at radius 1 is 1.24 bits per heavy atom. The van der Waals surface area contributed by atoms with Crippen LogP contribution in [-0.2, 0) is 9.59 Å². The van der Waals surface area contributed by atoms with Gasteiger partial charge in [0.15, 0.2) is 0 Å². The molecule has 1 unspecified atom stereocenters. The maximum Gasteiger partial charge on any atom is 0.221 e. The summed E-state index contributed by atoms with van der Waals surface area (Å²) in [6, 6.07) is 0. The third-order valence-corrected chi connectivity index (χ3v) is 2.88. The molecule has 5 heteroatoms. The Bertz CT molecular complexity index is 250. The molecule has 1 rings (SSSR count). The van der Waals surface area contributed by atoms with Gasteiger partial charge in [-0.15, -0.1) is 0 Å². The van der Waals surface area contributed by atoms with Crippen molar-refractivity contribution < 1.29 is 9.59 Å². The molecule has 0 aromatic carbocycles. The minimum absolute atomic E-state index is 0.00897. The Morgan fingerprint density at radius 2 is 2.00 bits per heavy atom. The molecule has 0 radical (unpaired) electrons. The average Bonchev–Trinajstić information content (AvgIpc) is 2.79. The van der Waals surface area contributed by atoms with E-state index in [1.807, 2.05) is 6.92 Å². The first-order valence-electron chi connectivity index (χ1n) is 6.46. The van der Waals surface area contributed by atoms with Gasteiger partial charge in [0.2, 0.25) is 11.8 Å². The first-order valence-corrected chi connectivity index (χ1v) is 6.46. The van der Waals surface area contributed by atoms with Gasteiger partial charge >= 0.3 is 0 Å². The third-order valence-electron chi connectivity index (χ3n) is 2.88. The van der Waals surface area contributed by atoms with Gasteiger partial charge in [0.1, 0.15) is 0 Å². The second-order valence-electron chi connectivity index (χ2n) is 4.51. The number of nitrogens with one attached hydrogen (secondary N) is 3. The molecular formula is C12H23N3O2. The standard InChI is InChI=1S/C12H23N3O2/c1-2-5-14-11(16)4-7-15-12(17)8-10-3-6-13-9-10/h10,13H,2-9H2,1H3,(H,14,16)(H,15,17). The molecule has 0 bridgehead atoms. The minimum atomic E-state index is 0.00897. The van der Waals surface area contributed by atoms with E-state index in [-0.39, 0.29) is 11.8 Å². The number of hydrogen-bond donors (Lipinski definition) is 3. The second-order valence-corrected chi connectivity index (χ2v) is 4.51. The predicted molar refractivity (Wildman–Crippen MR) is 66.5 cm³/mol. The molecule has 0 aromatic heterocycles. The Morgan fingerprint density at radius 3 is 2.65 bits per heavy atom. The van der Waals surface area contributed by atoms with Crippen LogP contribution in [0.3, 0.4) is 0 Å². The van der Waals surface area contributed by atoms with E-state index in [1.165, 1.54) is 0 Å². The zero-order valence-corrected chi connectivity index (χ0v) is 10.6. The Balaban J connectivity index is 2.01. The summed E-state index contributed by atoms with van der Waals surface area (Å²) in [5, 5.41) is 8.80. The van der Waals surface area contributed by atoms with Gasteiger partial charge in [-0.2, -0.15) is 0 Å². The third kappa shape index (κ3) is 6.26. The number of hydrogen-bond acceptors (Lipinski definition) is 3. The summed E-state index contributed by atoms with van der Waals surface area (Å²) < 4.78 is 0. The summed E-state index contributed by atoms with van der Waals surface area (Å²) in [4.78, 5) is 22.8. The van der Waals surface area contributed by atoms with Gasteiger partial charge in [-0.25, -0.2) is 0 Å². The number of carbonyl (C=O) groups is 2. The highest BCUT2D eigenvalue weighted by molar-refractivity contribution is 5.79. The molecule has 1 saturated heterocycles. The van der Waals surface area contributed by atoms with Crippen molar-refractivity contribution in [2.45, 2.75) is 32.6 Å². The zero-order valence-electron chi connectivity index (χ0n) is 10.6. The maximum atomic E-state index is 11.5. The molecule has 3 N–H and O–H groups in total. The van der Waals surface area contributed by atoms with Crippen LogP contribution in [0.15, 0.2) is 0 Å². The summed E-state index contributed by atoms with van der Waals surface area (Å²) in [5.74, 6) is 0.528. The number of amides is 2. The summed E-state index contributed by atoms with van der Waals surface area (Å²) >= 11 is 0. The highest BCUT2D eigenvalue weighted by atomic mass is 16.2. The molecule has 17 heavy (non-hydrogen) atoms. The lowest BCUT2D eigenvalue weighted by Crippen LogP contribution is -2.32. The molecule has 1 fully saturated rings. The van der Waals surface area contributed by atoms with Crippen LogP contribution in [0.25, 0.3) is 0 Å². The van der Waals surface area contributed by atoms with Gasteiger partial charge in [0.05, 0.1) is 0 Å². The summed E-state index contributed by atoms with van der Waals surface area (Å²) in [5.41, 5.74) is 0. The van der Waals surface area contributed by atoms with Crippen LogP contribution in [0.2, 0.25) is 0 Å². The molecule has 0 aromatic rings. The van der Waals surface area contributed by atoms with Crippen molar-refractivity contribution >= 4 is 11.8 Å². The first-order chi connectivity index (χ1) is 8.22. The van der Waals surface area contributed by atoms with Crippen molar-refractivity contribution in [3.8, 4) is 0 Å². The molecule has 0 aliphatic carbocycles. The zero-order chi connectivity index (χ0) is 12.5. The average molecular weight is 241 g/mol. The molecule has 98 valence electrons. The molecule has 0 spiro atoms. The van der Waals surface area contributed by atoms with Crippen molar-refractivity contribution in [1.82, 2.24) is 16.0 Å². The van der Waals surface area contributed by atoms with Crippen LogP contribution < -0.4 is 16.0 Å². The molecule has 1 atom stereocenters. The SMILES string of the molecule is CCCNC(=O)CCNC(=O)CC1CCNC1. The fraction of sp³-hybridized carbons (Fsp3) is 0.833. The maximum absolute atomic E-state index is 11.5. The molecule has 5 nitrogen and oxygen atoms in total. The van der Waals surface area contributed by atoms with Crippen molar-refractivity contribution in [2.24, 2.45) is 5.92 Å². The van der Waals surface area contributed by atoms with E-state index in [9.17, 15) is 9.59 Å². The lowest BCUT2D eigenvalue weighted by molar-refractivity contribution is -0.122. The van der Waals surface area contributed by atoms with E-state index in [1.54, 1.807) is 0 Å². The number of rotatable bonds is 7. The van der Waals surface area contributed by atoms with Crippen molar-refractivity contribution in [1.29, 1.82) is 0 Å². The lowest BCUT2D eigenvalue weighted by atomic mass is 10.0. The van der Waals surface area contributed by atoms with Gasteiger partial charge in [0, 0.05) is 25.9 Å². The van der Waals surface area contributed by atoms with E-state index in [0.717, 1.165) is 25.9 Å². The summed E-state index contributed by atoms with van der Waals surface area (Å²) in [7, 11) is 0. The highest BCUT2D eigenvalue weighted by Gasteiger charge is 2.17. The Hall–Kier alpha value is -1.10. The summed E-state index contributed by atoms with van der Waals surface area (Å²) in [6.45, 7) is 5.11. The highest BCUT2D eigenvalue weighted by Crippen LogP contribution is 2.11. The smallest absolute Gasteiger partial charge is 0.221 e. The fourth-order valence-electron chi connectivity index (χ4n) is 1.89. The van der Waals surface area contributed by atoms with Crippen LogP contribution >= 0.6 is 0 Å². The van der Waals surface area contributed by atoms with Gasteiger partial charge in [0.25, 0.3) is 0 Å².